The second-order valence-electron chi connectivity index (χ2n) is 9.78. The Morgan fingerprint density at radius 2 is 0.957 bits per heavy atom. The van der Waals surface area contributed by atoms with Gasteiger partial charge in [-0.2, -0.15) is 0 Å². The fourth-order valence-electron chi connectivity index (χ4n) is 3.64. The Kier molecular flexibility index (Phi) is 14.6. The summed E-state index contributed by atoms with van der Waals surface area (Å²) in [5.74, 6) is -3.93. The van der Waals surface area contributed by atoms with Gasteiger partial charge in [0.25, 0.3) is 11.8 Å². The maximum absolute atomic E-state index is 12.3. The predicted molar refractivity (Wildman–Crippen MR) is 180 cm³/mol. The van der Waals surface area contributed by atoms with E-state index in [9.17, 15) is 26.4 Å². The lowest BCUT2D eigenvalue weighted by atomic mass is 10.2. The molecule has 260 valence electrons. The summed E-state index contributed by atoms with van der Waals surface area (Å²) in [5.41, 5.74) is 32.9. The summed E-state index contributed by atoms with van der Waals surface area (Å²) in [5, 5.41) is 4.10. The van der Waals surface area contributed by atoms with Crippen molar-refractivity contribution in [2.24, 2.45) is 21.5 Å². The Bertz CT molecular complexity index is 1740. The Balaban J connectivity index is 1.64. The molecule has 0 fully saturated rings. The first-order valence-corrected chi connectivity index (χ1v) is 18.1. The van der Waals surface area contributed by atoms with Crippen molar-refractivity contribution < 1.29 is 26.4 Å². The summed E-state index contributed by atoms with van der Waals surface area (Å²) in [6, 6.07) is 0. The zero-order valence-electron chi connectivity index (χ0n) is 24.9. The van der Waals surface area contributed by atoms with Crippen LogP contribution in [0.3, 0.4) is 0 Å². The molecule has 2 aromatic heterocycles. The van der Waals surface area contributed by atoms with Crippen molar-refractivity contribution in [3.63, 3.8) is 0 Å². The molecule has 0 bridgehead atoms. The maximum Gasteiger partial charge on any atom is 0.280 e. The normalized spacial score (nSPS) is 12.6. The highest BCUT2D eigenvalue weighted by Crippen LogP contribution is 2.18. The van der Waals surface area contributed by atoms with E-state index >= 15 is 0 Å². The number of unbranched alkanes of at least 4 members (excludes halogenated alkanes) is 2. The number of nitrogen functional groups attached to an aromatic ring is 4. The number of carbonyl (C=O) groups is 2. The first-order valence-electron chi connectivity index (χ1n) is 13.7. The van der Waals surface area contributed by atoms with Crippen LogP contribution in [0.15, 0.2) is 9.98 Å². The molecular weight excluding hydrogens is 703 g/mol. The standard InChI is InChI=1S/C23H36Cl2N14O6S2/c24-14-18(28)36-16(26)12(34-14)20(40)38-22(30)32-6-2-1-3-8-46(42,43)10-5-11-47(44,45)9-4-7-33-23(31)39-21(41)13-17(27)37-19(29)15(25)35-13/h1-11H2,(H4,26,28,36)(H4,27,29,37)(H3,30,32,38,40)(H3,31,33,39,41). The van der Waals surface area contributed by atoms with Crippen LogP contribution >= 0.6 is 23.2 Å². The summed E-state index contributed by atoms with van der Waals surface area (Å²) in [7, 11) is -7.04. The Labute approximate surface area is 280 Å². The Morgan fingerprint density at radius 3 is 1.40 bits per heavy atom. The zero-order chi connectivity index (χ0) is 35.4. The van der Waals surface area contributed by atoms with Gasteiger partial charge in [-0.3, -0.25) is 30.2 Å². The van der Waals surface area contributed by atoms with E-state index in [1.165, 1.54) is 0 Å². The molecule has 2 aromatic rings. The lowest BCUT2D eigenvalue weighted by Gasteiger charge is -2.08. The van der Waals surface area contributed by atoms with Crippen LogP contribution in [0, 0.1) is 0 Å². The summed E-state index contributed by atoms with van der Waals surface area (Å²) in [4.78, 5) is 47.2. The molecule has 0 spiro atoms. The minimum Gasteiger partial charge on any atom is -0.382 e. The number of anilines is 4. The molecule has 0 aromatic carbocycles. The first kappa shape index (κ1) is 38.9. The summed E-state index contributed by atoms with van der Waals surface area (Å²) in [6.07, 6.45) is 1.31. The van der Waals surface area contributed by atoms with Crippen molar-refractivity contribution >= 4 is 89.9 Å². The highest BCUT2D eigenvalue weighted by Gasteiger charge is 2.19. The van der Waals surface area contributed by atoms with Crippen molar-refractivity contribution in [1.29, 1.82) is 0 Å². The fraction of sp³-hybridized carbons (Fsp3) is 0.478. The lowest BCUT2D eigenvalue weighted by Crippen LogP contribution is -2.38. The van der Waals surface area contributed by atoms with Crippen LogP contribution in [0.25, 0.3) is 0 Å². The van der Waals surface area contributed by atoms with Gasteiger partial charge in [0, 0.05) is 13.1 Å². The van der Waals surface area contributed by atoms with Gasteiger partial charge in [-0.1, -0.05) is 29.6 Å². The molecule has 0 radical (unpaired) electrons. The third-order valence-electron chi connectivity index (χ3n) is 5.92. The van der Waals surface area contributed by atoms with Gasteiger partial charge in [0.05, 0.1) is 23.0 Å². The van der Waals surface area contributed by atoms with Gasteiger partial charge in [0.1, 0.15) is 19.7 Å². The lowest BCUT2D eigenvalue weighted by molar-refractivity contribution is 0.0964. The Hall–Kier alpha value is -4.28. The number of amides is 2. The third-order valence-corrected chi connectivity index (χ3v) is 10.1. The molecule has 2 heterocycles. The quantitative estimate of drug-likeness (QED) is 0.0550. The number of nitrogens with zero attached hydrogens (tertiary/aromatic N) is 6. The molecule has 0 aliphatic rings. The van der Waals surface area contributed by atoms with E-state index in [0.29, 0.717) is 19.3 Å². The number of rotatable bonds is 16. The predicted octanol–water partition coefficient (Wildman–Crippen LogP) is -1.53. The average molecular weight is 740 g/mol. The number of hydrogen-bond acceptors (Lipinski definition) is 16. The number of nitrogens with one attached hydrogen (secondary N) is 2. The van der Waals surface area contributed by atoms with Gasteiger partial charge in [-0.15, -0.1) is 0 Å². The van der Waals surface area contributed by atoms with Crippen molar-refractivity contribution in [3.8, 4) is 0 Å². The van der Waals surface area contributed by atoms with Crippen molar-refractivity contribution in [1.82, 2.24) is 30.6 Å². The van der Waals surface area contributed by atoms with Crippen LogP contribution in [0.1, 0.15) is 53.1 Å². The number of sulfone groups is 2. The van der Waals surface area contributed by atoms with Crippen LogP contribution in [0.5, 0.6) is 0 Å². The second kappa shape index (κ2) is 17.6. The summed E-state index contributed by atoms with van der Waals surface area (Å²) < 4.78 is 49.4. The smallest absolute Gasteiger partial charge is 0.280 e. The largest absolute Gasteiger partial charge is 0.382 e. The van der Waals surface area contributed by atoms with E-state index in [1.54, 1.807) is 0 Å². The molecule has 2 amide bonds. The van der Waals surface area contributed by atoms with E-state index < -0.39 is 31.5 Å². The topological polar surface area (TPSA) is 359 Å². The number of aromatic nitrogens is 4. The average Bonchev–Trinajstić information content (AvgIpc) is 2.96. The number of hydrogen-bond donors (Lipinski definition) is 8. The highest BCUT2D eigenvalue weighted by molar-refractivity contribution is 7.92. The van der Waals surface area contributed by atoms with E-state index in [-0.39, 0.29) is 106 Å². The van der Waals surface area contributed by atoms with E-state index in [2.05, 4.69) is 40.6 Å². The maximum atomic E-state index is 12.3. The first-order chi connectivity index (χ1) is 21.9. The van der Waals surface area contributed by atoms with Crippen LogP contribution < -0.4 is 45.0 Å². The van der Waals surface area contributed by atoms with E-state index in [1.807, 2.05) is 0 Å². The molecule has 0 saturated heterocycles. The number of guanidine groups is 2. The van der Waals surface area contributed by atoms with Gasteiger partial charge >= 0.3 is 0 Å². The summed E-state index contributed by atoms with van der Waals surface area (Å²) >= 11 is 11.5. The van der Waals surface area contributed by atoms with Gasteiger partial charge in [-0.05, 0) is 25.7 Å². The second-order valence-corrected chi connectivity index (χ2v) is 15.1. The molecule has 47 heavy (non-hydrogen) atoms. The van der Waals surface area contributed by atoms with Crippen LogP contribution in [-0.4, -0.2) is 96.6 Å². The molecule has 20 nitrogen and oxygen atoms in total. The fourth-order valence-corrected chi connectivity index (χ4v) is 6.87. The molecule has 24 heteroatoms. The SMILES string of the molecule is NC(=NCCCCCS(=O)(=O)CCCS(=O)(=O)CCCN=C(N)NC(=O)c1nc(Cl)c(N)nc1N)NC(=O)c1nc(Cl)c(N)nc1N. The number of halogens is 2. The number of nitrogens with two attached hydrogens (primary N) is 6. The molecule has 0 aliphatic heterocycles. The van der Waals surface area contributed by atoms with Gasteiger partial charge < -0.3 is 34.4 Å². The molecule has 0 unspecified atom stereocenters. The summed E-state index contributed by atoms with van der Waals surface area (Å²) in [6.45, 7) is 0.174. The van der Waals surface area contributed by atoms with Crippen molar-refractivity contribution in [2.45, 2.75) is 32.1 Å². The minimum atomic E-state index is -3.56. The van der Waals surface area contributed by atoms with Crippen molar-refractivity contribution in [3.05, 3.63) is 21.7 Å². The van der Waals surface area contributed by atoms with E-state index in [0.717, 1.165) is 0 Å². The molecule has 2 rings (SSSR count). The van der Waals surface area contributed by atoms with Gasteiger partial charge in [0.15, 0.2) is 56.9 Å². The Morgan fingerprint density at radius 1 is 0.574 bits per heavy atom. The van der Waals surface area contributed by atoms with Crippen LogP contribution in [-0.2, 0) is 19.7 Å². The van der Waals surface area contributed by atoms with Gasteiger partial charge in [0.2, 0.25) is 0 Å². The molecular formula is C23H36Cl2N14O6S2. The van der Waals surface area contributed by atoms with E-state index in [4.69, 9.17) is 57.6 Å². The number of aliphatic imine (C=N–C) groups is 2. The number of carbonyl (C=O) groups excluding carboxylic acids is 2. The molecule has 14 N–H and O–H groups in total. The van der Waals surface area contributed by atoms with Crippen LogP contribution in [0.4, 0.5) is 23.3 Å². The molecule has 0 saturated carbocycles. The van der Waals surface area contributed by atoms with Crippen molar-refractivity contribution in [2.75, 3.05) is 59.0 Å². The third kappa shape index (κ3) is 13.5. The van der Waals surface area contributed by atoms with Gasteiger partial charge in [-0.25, -0.2) is 36.8 Å². The minimum absolute atomic E-state index is 0.0316. The molecule has 0 atom stereocenters. The highest BCUT2D eigenvalue weighted by atomic mass is 35.5. The van der Waals surface area contributed by atoms with Crippen LogP contribution in [0.2, 0.25) is 10.3 Å². The zero-order valence-corrected chi connectivity index (χ0v) is 28.1. The molecule has 0 aliphatic carbocycles. The monoisotopic (exact) mass is 738 g/mol.